The van der Waals surface area contributed by atoms with Crippen LogP contribution in [0.4, 0.5) is 0 Å². The second-order valence-electron chi connectivity index (χ2n) is 3.57. The molecule has 0 aromatic carbocycles. The molecule has 1 saturated carbocycles. The maximum Gasteiger partial charge on any atom is 0.137 e. The molecule has 1 nitrogen and oxygen atoms in total. The fraction of sp³-hybridized carbons (Fsp3) is 0.727. The molecule has 0 N–H and O–H groups in total. The van der Waals surface area contributed by atoms with E-state index in [9.17, 15) is 4.79 Å². The molecule has 0 aromatic heterocycles. The van der Waals surface area contributed by atoms with Gasteiger partial charge >= 0.3 is 0 Å². The van der Waals surface area contributed by atoms with Crippen LogP contribution in [0.25, 0.3) is 0 Å². The van der Waals surface area contributed by atoms with E-state index in [0.717, 1.165) is 19.3 Å². The molecule has 0 bridgehead atoms. The summed E-state index contributed by atoms with van der Waals surface area (Å²) in [5.74, 6) is 0.428. The fourth-order valence-corrected chi connectivity index (χ4v) is 1.60. The summed E-state index contributed by atoms with van der Waals surface area (Å²) < 4.78 is 0. The zero-order chi connectivity index (χ0) is 8.81. The van der Waals surface area contributed by atoms with Gasteiger partial charge in [-0.1, -0.05) is 31.4 Å². The number of hydrogen-bond donors (Lipinski definition) is 0. The van der Waals surface area contributed by atoms with Crippen molar-refractivity contribution < 1.29 is 4.79 Å². The Kier molecular flexibility index (Phi) is 4.06. The van der Waals surface area contributed by atoms with Crippen LogP contribution in [-0.2, 0) is 4.79 Å². The fourth-order valence-electron chi connectivity index (χ4n) is 1.60. The molecule has 0 unspecified atom stereocenters. The van der Waals surface area contributed by atoms with Gasteiger partial charge in [0.05, 0.1) is 0 Å². The lowest BCUT2D eigenvalue weighted by Crippen LogP contribution is -1.83. The number of rotatable bonds is 4. The Morgan fingerprint density at radius 2 is 2.17 bits per heavy atom. The standard InChI is InChI=1S/C11H18O/c1-2-3-4-5-6-10-7-8-11(12)9-10/h6H,2-5,7-9H2,1H3/b10-6-. The lowest BCUT2D eigenvalue weighted by atomic mass is 10.1. The average molecular weight is 166 g/mol. The normalized spacial score (nSPS) is 20.8. The number of hydrogen-bond acceptors (Lipinski definition) is 1. The van der Waals surface area contributed by atoms with Crippen LogP contribution in [0.15, 0.2) is 11.6 Å². The van der Waals surface area contributed by atoms with Gasteiger partial charge in [0.25, 0.3) is 0 Å². The predicted molar refractivity (Wildman–Crippen MR) is 51.1 cm³/mol. The Balaban J connectivity index is 2.15. The van der Waals surface area contributed by atoms with E-state index >= 15 is 0 Å². The van der Waals surface area contributed by atoms with E-state index in [1.165, 1.54) is 31.3 Å². The summed E-state index contributed by atoms with van der Waals surface area (Å²) in [6, 6.07) is 0. The first-order valence-corrected chi connectivity index (χ1v) is 5.02. The third-order valence-corrected chi connectivity index (χ3v) is 2.39. The molecular weight excluding hydrogens is 148 g/mol. The third-order valence-electron chi connectivity index (χ3n) is 2.39. The minimum absolute atomic E-state index is 0.428. The van der Waals surface area contributed by atoms with Crippen molar-refractivity contribution in [3.63, 3.8) is 0 Å². The largest absolute Gasteiger partial charge is 0.299 e. The Morgan fingerprint density at radius 3 is 2.75 bits per heavy atom. The molecule has 1 aliphatic carbocycles. The number of carbonyl (C=O) groups is 1. The Hall–Kier alpha value is -0.590. The first-order chi connectivity index (χ1) is 5.83. The minimum Gasteiger partial charge on any atom is -0.299 e. The maximum absolute atomic E-state index is 10.9. The predicted octanol–water partition coefficient (Wildman–Crippen LogP) is 3.25. The van der Waals surface area contributed by atoms with Crippen molar-refractivity contribution in [1.29, 1.82) is 0 Å². The van der Waals surface area contributed by atoms with Crippen molar-refractivity contribution in [1.82, 2.24) is 0 Å². The first kappa shape index (κ1) is 9.50. The van der Waals surface area contributed by atoms with Crippen molar-refractivity contribution in [3.8, 4) is 0 Å². The summed E-state index contributed by atoms with van der Waals surface area (Å²) in [6.07, 6.45) is 9.90. The summed E-state index contributed by atoms with van der Waals surface area (Å²) in [4.78, 5) is 10.9. The van der Waals surface area contributed by atoms with Crippen LogP contribution in [0.1, 0.15) is 51.9 Å². The second kappa shape index (κ2) is 5.13. The highest BCUT2D eigenvalue weighted by molar-refractivity contribution is 5.84. The molecule has 1 heteroatoms. The molecule has 0 aliphatic heterocycles. The molecule has 1 fully saturated rings. The summed E-state index contributed by atoms with van der Waals surface area (Å²) >= 11 is 0. The highest BCUT2D eigenvalue weighted by Crippen LogP contribution is 2.21. The Morgan fingerprint density at radius 1 is 1.33 bits per heavy atom. The molecule has 1 rings (SSSR count). The van der Waals surface area contributed by atoms with Gasteiger partial charge in [-0.25, -0.2) is 0 Å². The van der Waals surface area contributed by atoms with Crippen LogP contribution in [0.2, 0.25) is 0 Å². The van der Waals surface area contributed by atoms with Crippen LogP contribution < -0.4 is 0 Å². The number of unbranched alkanes of at least 4 members (excludes halogenated alkanes) is 3. The SMILES string of the molecule is CCCCC/C=C1/CCC(=O)C1. The minimum atomic E-state index is 0.428. The van der Waals surface area contributed by atoms with E-state index in [-0.39, 0.29) is 0 Å². The zero-order valence-corrected chi connectivity index (χ0v) is 7.94. The van der Waals surface area contributed by atoms with E-state index in [0.29, 0.717) is 5.78 Å². The molecular formula is C11H18O. The van der Waals surface area contributed by atoms with Crippen LogP contribution >= 0.6 is 0 Å². The lowest BCUT2D eigenvalue weighted by Gasteiger charge is -1.94. The van der Waals surface area contributed by atoms with Crippen molar-refractivity contribution >= 4 is 5.78 Å². The van der Waals surface area contributed by atoms with E-state index in [4.69, 9.17) is 0 Å². The molecule has 0 atom stereocenters. The van der Waals surface area contributed by atoms with Gasteiger partial charge in [0.1, 0.15) is 5.78 Å². The smallest absolute Gasteiger partial charge is 0.137 e. The molecule has 12 heavy (non-hydrogen) atoms. The molecule has 0 saturated heterocycles. The van der Waals surface area contributed by atoms with Gasteiger partial charge in [-0.2, -0.15) is 0 Å². The van der Waals surface area contributed by atoms with Gasteiger partial charge < -0.3 is 0 Å². The van der Waals surface area contributed by atoms with E-state index < -0.39 is 0 Å². The molecule has 0 radical (unpaired) electrons. The second-order valence-corrected chi connectivity index (χ2v) is 3.57. The van der Waals surface area contributed by atoms with Crippen molar-refractivity contribution in [2.24, 2.45) is 0 Å². The van der Waals surface area contributed by atoms with Gasteiger partial charge in [-0.15, -0.1) is 0 Å². The molecule has 0 heterocycles. The molecule has 68 valence electrons. The summed E-state index contributed by atoms with van der Waals surface area (Å²) in [6.45, 7) is 2.21. The molecule has 0 amide bonds. The van der Waals surface area contributed by atoms with Gasteiger partial charge in [-0.05, 0) is 19.3 Å². The van der Waals surface area contributed by atoms with E-state index in [2.05, 4.69) is 13.0 Å². The number of ketones is 1. The van der Waals surface area contributed by atoms with Crippen LogP contribution in [0.3, 0.4) is 0 Å². The highest BCUT2D eigenvalue weighted by Gasteiger charge is 2.13. The van der Waals surface area contributed by atoms with Gasteiger partial charge in [0.2, 0.25) is 0 Å². The molecule has 0 spiro atoms. The Labute approximate surface area is 74.9 Å². The topological polar surface area (TPSA) is 17.1 Å². The van der Waals surface area contributed by atoms with Crippen molar-refractivity contribution in [2.45, 2.75) is 51.9 Å². The first-order valence-electron chi connectivity index (χ1n) is 5.02. The Bertz CT molecular complexity index is 179. The maximum atomic E-state index is 10.9. The number of carbonyl (C=O) groups excluding carboxylic acids is 1. The van der Waals surface area contributed by atoms with Gasteiger partial charge in [-0.3, -0.25) is 4.79 Å². The van der Waals surface area contributed by atoms with Crippen LogP contribution in [0.5, 0.6) is 0 Å². The summed E-state index contributed by atoms with van der Waals surface area (Å²) in [5.41, 5.74) is 1.39. The van der Waals surface area contributed by atoms with Gasteiger partial charge in [0, 0.05) is 12.8 Å². The van der Waals surface area contributed by atoms with E-state index in [1.807, 2.05) is 0 Å². The summed E-state index contributed by atoms with van der Waals surface area (Å²) in [5, 5.41) is 0. The van der Waals surface area contributed by atoms with Crippen LogP contribution in [-0.4, -0.2) is 5.78 Å². The van der Waals surface area contributed by atoms with Crippen molar-refractivity contribution in [2.75, 3.05) is 0 Å². The monoisotopic (exact) mass is 166 g/mol. The van der Waals surface area contributed by atoms with Crippen LogP contribution in [0, 0.1) is 0 Å². The molecule has 0 aromatic rings. The van der Waals surface area contributed by atoms with Gasteiger partial charge in [0.15, 0.2) is 0 Å². The third kappa shape index (κ3) is 3.21. The number of Topliss-reactive ketones (excluding diaryl/α,β-unsaturated/α-hetero) is 1. The highest BCUT2D eigenvalue weighted by atomic mass is 16.1. The van der Waals surface area contributed by atoms with E-state index in [1.54, 1.807) is 0 Å². The number of allylic oxidation sites excluding steroid dienone is 2. The van der Waals surface area contributed by atoms with Crippen molar-refractivity contribution in [3.05, 3.63) is 11.6 Å². The zero-order valence-electron chi connectivity index (χ0n) is 7.94. The molecule has 1 aliphatic rings. The lowest BCUT2D eigenvalue weighted by molar-refractivity contribution is -0.117. The quantitative estimate of drug-likeness (QED) is 0.463. The average Bonchev–Trinajstić information content (AvgIpc) is 2.45. The summed E-state index contributed by atoms with van der Waals surface area (Å²) in [7, 11) is 0.